The molecule has 3 N–H and O–H groups in total. The van der Waals surface area contributed by atoms with E-state index in [1.165, 1.54) is 23.5 Å². The van der Waals surface area contributed by atoms with Gasteiger partial charge in [-0.15, -0.1) is 11.3 Å². The number of nitro groups is 1. The molecule has 0 atom stereocenters. The van der Waals surface area contributed by atoms with Crippen LogP contribution in [0.25, 0.3) is 0 Å². The highest BCUT2D eigenvalue weighted by molar-refractivity contribution is 7.13. The van der Waals surface area contributed by atoms with Gasteiger partial charge in [-0.25, -0.2) is 9.97 Å². The quantitative estimate of drug-likeness (QED) is 0.665. The van der Waals surface area contributed by atoms with Crippen molar-refractivity contribution < 1.29 is 4.92 Å². The third-order valence-corrected chi connectivity index (χ3v) is 3.36. The van der Waals surface area contributed by atoms with Crippen molar-refractivity contribution in [3.8, 4) is 0 Å². The molecule has 0 aromatic carbocycles. The van der Waals surface area contributed by atoms with Crippen molar-refractivity contribution in [1.82, 2.24) is 9.97 Å². The number of nitrogen functional groups attached to an aromatic ring is 1. The molecule has 2 heterocycles. The maximum Gasteiger partial charge on any atom is 0.311 e. The van der Waals surface area contributed by atoms with Gasteiger partial charge in [-0.1, -0.05) is 20.8 Å². The molecule has 8 heteroatoms. The summed E-state index contributed by atoms with van der Waals surface area (Å²) in [6, 6.07) is 2.83. The molecule has 0 saturated carbocycles. The van der Waals surface area contributed by atoms with Crippen LogP contribution < -0.4 is 11.1 Å². The van der Waals surface area contributed by atoms with Crippen LogP contribution in [0.5, 0.6) is 0 Å². The predicted molar refractivity (Wildman–Crippen MR) is 79.4 cm³/mol. The summed E-state index contributed by atoms with van der Waals surface area (Å²) in [6.07, 6.45) is 0. The van der Waals surface area contributed by atoms with Gasteiger partial charge >= 0.3 is 5.69 Å². The maximum absolute atomic E-state index is 10.7. The number of aromatic nitrogens is 2. The molecule has 0 spiro atoms. The number of nitrogens with two attached hydrogens (primary N) is 1. The van der Waals surface area contributed by atoms with Crippen LogP contribution in [-0.4, -0.2) is 14.9 Å². The van der Waals surface area contributed by atoms with E-state index in [-0.39, 0.29) is 16.9 Å². The second kappa shape index (κ2) is 5.04. The Kier molecular flexibility index (Phi) is 3.58. The van der Waals surface area contributed by atoms with E-state index in [0.29, 0.717) is 10.9 Å². The third-order valence-electron chi connectivity index (χ3n) is 2.61. The van der Waals surface area contributed by atoms with Crippen molar-refractivity contribution >= 4 is 33.8 Å². The highest BCUT2D eigenvalue weighted by Crippen LogP contribution is 2.29. The zero-order valence-corrected chi connectivity index (χ0v) is 12.2. The van der Waals surface area contributed by atoms with Crippen LogP contribution in [0.4, 0.5) is 22.5 Å². The molecule has 0 aliphatic carbocycles. The zero-order chi connectivity index (χ0) is 14.9. The normalized spacial score (nSPS) is 11.3. The minimum absolute atomic E-state index is 0.0294. The van der Waals surface area contributed by atoms with E-state index in [0.717, 1.165) is 5.69 Å². The summed E-state index contributed by atoms with van der Waals surface area (Å²) in [6.45, 7) is 6.23. The molecule has 0 aliphatic rings. The molecule has 0 aliphatic heterocycles. The minimum Gasteiger partial charge on any atom is -0.378 e. The van der Waals surface area contributed by atoms with Gasteiger partial charge in [0.25, 0.3) is 0 Å². The van der Waals surface area contributed by atoms with Crippen LogP contribution in [0.2, 0.25) is 0 Å². The summed E-state index contributed by atoms with van der Waals surface area (Å²) in [5.41, 5.74) is 6.28. The number of thiazole rings is 1. The first-order valence-electron chi connectivity index (χ1n) is 5.91. The average molecular weight is 293 g/mol. The van der Waals surface area contributed by atoms with Crippen LogP contribution in [0, 0.1) is 10.1 Å². The standard InChI is InChI=1S/C12H15N5O2S/c1-12(2,3)8-6-20-11(14-8)16-9-5-4-7(17(18)19)10(13)15-9/h4-6H,1-3H3,(H3,13,14,15,16). The number of rotatable bonds is 3. The Balaban J connectivity index is 2.20. The van der Waals surface area contributed by atoms with Gasteiger partial charge in [0.15, 0.2) is 5.13 Å². The Morgan fingerprint density at radius 2 is 2.05 bits per heavy atom. The molecule has 2 aromatic heterocycles. The summed E-state index contributed by atoms with van der Waals surface area (Å²) in [5.74, 6) is 0.315. The molecular weight excluding hydrogens is 278 g/mol. The molecule has 20 heavy (non-hydrogen) atoms. The summed E-state index contributed by atoms with van der Waals surface area (Å²) >= 11 is 1.45. The molecule has 2 rings (SSSR count). The fourth-order valence-electron chi connectivity index (χ4n) is 1.48. The molecule has 0 bridgehead atoms. The van der Waals surface area contributed by atoms with Gasteiger partial charge in [0.2, 0.25) is 5.82 Å². The number of pyridine rings is 1. The number of nitrogens with one attached hydrogen (secondary N) is 1. The SMILES string of the molecule is CC(C)(C)c1csc(Nc2ccc([N+](=O)[O-])c(N)n2)n1. The molecule has 2 aromatic rings. The van der Waals surface area contributed by atoms with Gasteiger partial charge < -0.3 is 11.1 Å². The summed E-state index contributed by atoms with van der Waals surface area (Å²) in [5, 5.41) is 16.3. The lowest BCUT2D eigenvalue weighted by atomic mass is 9.93. The molecule has 7 nitrogen and oxygen atoms in total. The topological polar surface area (TPSA) is 107 Å². The van der Waals surface area contributed by atoms with E-state index >= 15 is 0 Å². The molecular formula is C12H15N5O2S. The number of hydrogen-bond donors (Lipinski definition) is 2. The highest BCUT2D eigenvalue weighted by atomic mass is 32.1. The van der Waals surface area contributed by atoms with Gasteiger partial charge in [0.1, 0.15) is 5.82 Å². The average Bonchev–Trinajstić information content (AvgIpc) is 2.76. The molecule has 106 valence electrons. The van der Waals surface area contributed by atoms with Crippen LogP contribution in [-0.2, 0) is 5.41 Å². The molecule has 0 unspecified atom stereocenters. The van der Waals surface area contributed by atoms with E-state index in [9.17, 15) is 10.1 Å². The maximum atomic E-state index is 10.7. The monoisotopic (exact) mass is 293 g/mol. The van der Waals surface area contributed by atoms with Crippen molar-refractivity contribution in [1.29, 1.82) is 0 Å². The smallest absolute Gasteiger partial charge is 0.311 e. The lowest BCUT2D eigenvalue weighted by molar-refractivity contribution is -0.384. The summed E-state index contributed by atoms with van der Waals surface area (Å²) in [4.78, 5) is 18.5. The van der Waals surface area contributed by atoms with Gasteiger partial charge in [0.05, 0.1) is 10.6 Å². The molecule has 0 amide bonds. The number of nitrogens with zero attached hydrogens (tertiary/aromatic N) is 3. The van der Waals surface area contributed by atoms with E-state index < -0.39 is 4.92 Å². The lowest BCUT2D eigenvalue weighted by Crippen LogP contribution is -2.11. The van der Waals surface area contributed by atoms with Crippen molar-refractivity contribution in [3.63, 3.8) is 0 Å². The summed E-state index contributed by atoms with van der Waals surface area (Å²) < 4.78 is 0. The van der Waals surface area contributed by atoms with E-state index in [1.54, 1.807) is 0 Å². The van der Waals surface area contributed by atoms with E-state index in [4.69, 9.17) is 5.73 Å². The largest absolute Gasteiger partial charge is 0.378 e. The van der Waals surface area contributed by atoms with Gasteiger partial charge in [-0.2, -0.15) is 0 Å². The number of hydrogen-bond acceptors (Lipinski definition) is 7. The van der Waals surface area contributed by atoms with Crippen molar-refractivity contribution in [2.24, 2.45) is 0 Å². The van der Waals surface area contributed by atoms with Crippen LogP contribution in [0.1, 0.15) is 26.5 Å². The van der Waals surface area contributed by atoms with Gasteiger partial charge in [0, 0.05) is 16.9 Å². The van der Waals surface area contributed by atoms with Gasteiger partial charge in [-0.3, -0.25) is 10.1 Å². The first-order valence-corrected chi connectivity index (χ1v) is 6.79. The molecule has 0 saturated heterocycles. The zero-order valence-electron chi connectivity index (χ0n) is 11.4. The van der Waals surface area contributed by atoms with E-state index in [1.807, 2.05) is 5.38 Å². The molecule has 0 fully saturated rings. The Morgan fingerprint density at radius 3 is 2.55 bits per heavy atom. The Hall–Kier alpha value is -2.22. The third kappa shape index (κ3) is 3.02. The van der Waals surface area contributed by atoms with Crippen LogP contribution in [0.3, 0.4) is 0 Å². The van der Waals surface area contributed by atoms with E-state index in [2.05, 4.69) is 36.1 Å². The van der Waals surface area contributed by atoms with Crippen molar-refractivity contribution in [3.05, 3.63) is 33.3 Å². The Morgan fingerprint density at radius 1 is 1.35 bits per heavy atom. The van der Waals surface area contributed by atoms with Crippen molar-refractivity contribution in [2.75, 3.05) is 11.1 Å². The highest BCUT2D eigenvalue weighted by Gasteiger charge is 2.18. The van der Waals surface area contributed by atoms with Gasteiger partial charge in [-0.05, 0) is 6.07 Å². The number of anilines is 3. The Bertz CT molecular complexity index is 648. The van der Waals surface area contributed by atoms with Crippen LogP contribution >= 0.6 is 11.3 Å². The second-order valence-corrected chi connectivity index (χ2v) is 6.13. The predicted octanol–water partition coefficient (Wildman–Crippen LogP) is 3.07. The fraction of sp³-hybridized carbons (Fsp3) is 0.333. The minimum atomic E-state index is -0.562. The van der Waals surface area contributed by atoms with Crippen LogP contribution in [0.15, 0.2) is 17.5 Å². The first-order chi connectivity index (χ1) is 9.27. The Labute approximate surface area is 120 Å². The summed E-state index contributed by atoms with van der Waals surface area (Å²) in [7, 11) is 0. The van der Waals surface area contributed by atoms with Crippen molar-refractivity contribution in [2.45, 2.75) is 26.2 Å². The second-order valence-electron chi connectivity index (χ2n) is 5.27. The lowest BCUT2D eigenvalue weighted by Gasteiger charge is -2.14. The first kappa shape index (κ1) is 14.2. The fourth-order valence-corrected chi connectivity index (χ4v) is 2.42. The molecule has 0 radical (unpaired) electrons.